The summed E-state index contributed by atoms with van der Waals surface area (Å²) in [6.45, 7) is 0.267. The Balaban J connectivity index is 1.72. The maximum atomic E-state index is 13.3. The molecule has 0 spiro atoms. The molecule has 0 radical (unpaired) electrons. The molecule has 1 aliphatic rings. The van der Waals surface area contributed by atoms with Gasteiger partial charge in [-0.25, -0.2) is 4.79 Å². The van der Waals surface area contributed by atoms with Gasteiger partial charge in [-0.3, -0.25) is 19.6 Å². The van der Waals surface area contributed by atoms with Crippen LogP contribution in [0.1, 0.15) is 37.9 Å². The van der Waals surface area contributed by atoms with Crippen molar-refractivity contribution in [3.8, 4) is 0 Å². The van der Waals surface area contributed by atoms with E-state index in [2.05, 4.69) is 9.97 Å². The standard InChI is InChI=1S/C25H21N3O5/c1-33-25(32)19-4-2-17(3-5-19)21-20(22(29)18-8-13-27-14-9-18)23(30)24(31)28(21)15-10-16-6-11-26-12-7-16/h2-9,11-14,21,30H,10,15H2,1H3. The molecule has 1 atom stereocenters. The average molecular weight is 443 g/mol. The van der Waals surface area contributed by atoms with E-state index in [0.29, 0.717) is 23.1 Å². The summed E-state index contributed by atoms with van der Waals surface area (Å²) in [7, 11) is 1.29. The number of hydrogen-bond acceptors (Lipinski definition) is 7. The lowest BCUT2D eigenvalue weighted by Crippen LogP contribution is -2.33. The highest BCUT2D eigenvalue weighted by Crippen LogP contribution is 2.39. The van der Waals surface area contributed by atoms with Crippen molar-refractivity contribution in [1.82, 2.24) is 14.9 Å². The predicted octanol–water partition coefficient (Wildman–Crippen LogP) is 3.08. The number of aliphatic hydroxyl groups excluding tert-OH is 1. The van der Waals surface area contributed by atoms with Crippen molar-refractivity contribution >= 4 is 17.7 Å². The van der Waals surface area contributed by atoms with E-state index in [9.17, 15) is 19.5 Å². The first kappa shape index (κ1) is 21.9. The molecule has 166 valence electrons. The van der Waals surface area contributed by atoms with Gasteiger partial charge in [-0.15, -0.1) is 0 Å². The summed E-state index contributed by atoms with van der Waals surface area (Å²) < 4.78 is 4.74. The van der Waals surface area contributed by atoms with Gasteiger partial charge in [0.25, 0.3) is 5.91 Å². The molecule has 0 bridgehead atoms. The van der Waals surface area contributed by atoms with Gasteiger partial charge in [-0.2, -0.15) is 0 Å². The van der Waals surface area contributed by atoms with Gasteiger partial charge in [0.2, 0.25) is 0 Å². The number of Topliss-reactive ketones (excluding diaryl/α,β-unsaturated/α-hetero) is 1. The first-order valence-electron chi connectivity index (χ1n) is 10.3. The largest absolute Gasteiger partial charge is 0.503 e. The normalized spacial score (nSPS) is 15.6. The number of pyridine rings is 2. The molecular formula is C25H21N3O5. The van der Waals surface area contributed by atoms with Crippen LogP contribution in [0, 0.1) is 0 Å². The van der Waals surface area contributed by atoms with Crippen LogP contribution in [0.15, 0.2) is 84.7 Å². The summed E-state index contributed by atoms with van der Waals surface area (Å²) in [5.74, 6) is -2.15. The van der Waals surface area contributed by atoms with E-state index >= 15 is 0 Å². The average Bonchev–Trinajstić information content (AvgIpc) is 3.12. The lowest BCUT2D eigenvalue weighted by Gasteiger charge is -2.27. The third-order valence-electron chi connectivity index (χ3n) is 5.53. The van der Waals surface area contributed by atoms with E-state index in [1.807, 2.05) is 12.1 Å². The highest BCUT2D eigenvalue weighted by Gasteiger charge is 2.43. The van der Waals surface area contributed by atoms with E-state index in [1.165, 1.54) is 36.5 Å². The molecule has 1 unspecified atom stereocenters. The van der Waals surface area contributed by atoms with E-state index < -0.39 is 29.5 Å². The zero-order valence-electron chi connectivity index (χ0n) is 17.8. The Morgan fingerprint density at radius 1 is 0.939 bits per heavy atom. The van der Waals surface area contributed by atoms with Crippen LogP contribution in [-0.2, 0) is 16.0 Å². The quantitative estimate of drug-likeness (QED) is 0.441. The van der Waals surface area contributed by atoms with Crippen LogP contribution >= 0.6 is 0 Å². The second kappa shape index (κ2) is 9.44. The molecular weight excluding hydrogens is 422 g/mol. The molecule has 2 aromatic heterocycles. The summed E-state index contributed by atoms with van der Waals surface area (Å²) in [5.41, 5.74) is 2.19. The Morgan fingerprint density at radius 2 is 1.55 bits per heavy atom. The molecule has 0 aliphatic carbocycles. The molecule has 4 rings (SSSR count). The number of nitrogens with zero attached hydrogens (tertiary/aromatic N) is 3. The number of hydrogen-bond donors (Lipinski definition) is 1. The summed E-state index contributed by atoms with van der Waals surface area (Å²) in [6, 6.07) is 12.4. The fourth-order valence-corrected chi connectivity index (χ4v) is 3.84. The van der Waals surface area contributed by atoms with Crippen molar-refractivity contribution in [2.75, 3.05) is 13.7 Å². The number of amides is 1. The Morgan fingerprint density at radius 3 is 2.15 bits per heavy atom. The van der Waals surface area contributed by atoms with Crippen LogP contribution in [0.25, 0.3) is 0 Å². The third-order valence-corrected chi connectivity index (χ3v) is 5.53. The number of methoxy groups -OCH3 is 1. The van der Waals surface area contributed by atoms with Crippen LogP contribution in [-0.4, -0.2) is 51.3 Å². The van der Waals surface area contributed by atoms with Crippen molar-refractivity contribution in [2.24, 2.45) is 0 Å². The van der Waals surface area contributed by atoms with Crippen molar-refractivity contribution in [1.29, 1.82) is 0 Å². The molecule has 0 saturated carbocycles. The Kier molecular flexibility index (Phi) is 6.26. The number of benzene rings is 1. The van der Waals surface area contributed by atoms with Crippen molar-refractivity contribution in [2.45, 2.75) is 12.5 Å². The van der Waals surface area contributed by atoms with Crippen LogP contribution in [0.3, 0.4) is 0 Å². The van der Waals surface area contributed by atoms with Crippen LogP contribution in [0.4, 0.5) is 0 Å². The molecule has 1 N–H and O–H groups in total. The minimum atomic E-state index is -0.813. The molecule has 1 amide bonds. The molecule has 8 heteroatoms. The van der Waals surface area contributed by atoms with E-state index in [-0.39, 0.29) is 12.1 Å². The highest BCUT2D eigenvalue weighted by atomic mass is 16.5. The summed E-state index contributed by atoms with van der Waals surface area (Å²) >= 11 is 0. The Bertz CT molecular complexity index is 1210. The molecule has 3 aromatic rings. The lowest BCUT2D eigenvalue weighted by molar-refractivity contribution is -0.129. The van der Waals surface area contributed by atoms with Gasteiger partial charge in [0.05, 0.1) is 24.3 Å². The Hall–Kier alpha value is -4.33. The van der Waals surface area contributed by atoms with Gasteiger partial charge < -0.3 is 14.7 Å². The van der Waals surface area contributed by atoms with Crippen LogP contribution in [0.5, 0.6) is 0 Å². The van der Waals surface area contributed by atoms with Gasteiger partial charge >= 0.3 is 5.97 Å². The zero-order valence-corrected chi connectivity index (χ0v) is 17.8. The minimum Gasteiger partial charge on any atom is -0.503 e. The number of ether oxygens (including phenoxy) is 1. The summed E-state index contributed by atoms with van der Waals surface area (Å²) in [4.78, 5) is 47.6. The first-order chi connectivity index (χ1) is 16.0. The molecule has 1 aromatic carbocycles. The van der Waals surface area contributed by atoms with Crippen molar-refractivity contribution in [3.63, 3.8) is 0 Å². The SMILES string of the molecule is COC(=O)c1ccc(C2C(C(=O)c3ccncc3)=C(O)C(=O)N2CCc2ccncc2)cc1. The highest BCUT2D eigenvalue weighted by molar-refractivity contribution is 6.16. The number of aliphatic hydroxyl groups is 1. The van der Waals surface area contributed by atoms with Crippen LogP contribution in [0.2, 0.25) is 0 Å². The molecule has 8 nitrogen and oxygen atoms in total. The number of rotatable bonds is 7. The maximum absolute atomic E-state index is 13.3. The first-order valence-corrected chi connectivity index (χ1v) is 10.3. The van der Waals surface area contributed by atoms with Gasteiger partial charge in [-0.1, -0.05) is 12.1 Å². The fraction of sp³-hybridized carbons (Fsp3) is 0.160. The summed E-state index contributed by atoms with van der Waals surface area (Å²) in [5, 5.41) is 10.7. The maximum Gasteiger partial charge on any atom is 0.337 e. The van der Waals surface area contributed by atoms with E-state index in [0.717, 1.165) is 5.56 Å². The topological polar surface area (TPSA) is 110 Å². The van der Waals surface area contributed by atoms with Gasteiger partial charge in [-0.05, 0) is 53.9 Å². The number of aromatic nitrogens is 2. The number of esters is 1. The van der Waals surface area contributed by atoms with Gasteiger partial charge in [0, 0.05) is 36.9 Å². The van der Waals surface area contributed by atoms with Crippen LogP contribution < -0.4 is 0 Å². The molecule has 0 fully saturated rings. The lowest BCUT2D eigenvalue weighted by atomic mass is 9.92. The second-order valence-corrected chi connectivity index (χ2v) is 7.45. The molecule has 3 heterocycles. The third kappa shape index (κ3) is 4.36. The van der Waals surface area contributed by atoms with E-state index in [1.54, 1.807) is 36.7 Å². The molecule has 1 aliphatic heterocycles. The second-order valence-electron chi connectivity index (χ2n) is 7.45. The molecule has 33 heavy (non-hydrogen) atoms. The number of ketones is 1. The smallest absolute Gasteiger partial charge is 0.337 e. The Labute approximate surface area is 190 Å². The number of carbonyl (C=O) groups is 3. The van der Waals surface area contributed by atoms with Gasteiger partial charge in [0.15, 0.2) is 11.5 Å². The van der Waals surface area contributed by atoms with Crippen molar-refractivity contribution in [3.05, 3.63) is 107 Å². The zero-order chi connectivity index (χ0) is 23.4. The minimum absolute atomic E-state index is 0.00764. The van der Waals surface area contributed by atoms with Crippen molar-refractivity contribution < 1.29 is 24.2 Å². The monoisotopic (exact) mass is 443 g/mol. The molecule has 0 saturated heterocycles. The fourth-order valence-electron chi connectivity index (χ4n) is 3.84. The van der Waals surface area contributed by atoms with E-state index in [4.69, 9.17) is 4.74 Å². The number of carbonyl (C=O) groups excluding carboxylic acids is 3. The van der Waals surface area contributed by atoms with Gasteiger partial charge in [0.1, 0.15) is 0 Å². The summed E-state index contributed by atoms with van der Waals surface area (Å²) in [6.07, 6.45) is 6.79. The predicted molar refractivity (Wildman–Crippen MR) is 118 cm³/mol.